The van der Waals surface area contributed by atoms with Crippen molar-refractivity contribution in [1.29, 1.82) is 0 Å². The van der Waals surface area contributed by atoms with E-state index < -0.39 is 56.8 Å². The third kappa shape index (κ3) is 3.36. The number of carbonyl (C=O) groups is 3. The lowest BCUT2D eigenvalue weighted by molar-refractivity contribution is -0.171. The number of fused-ring (bicyclic) bond motifs is 3. The highest BCUT2D eigenvalue weighted by Gasteiger charge is 2.71. The maximum Gasteiger partial charge on any atom is 0.209 e. The standard InChI is InChI=1S/C31H33NO8/c1-14(2)23-25(35)21(15(3)33)27(37)31(39)28(38)24-26(36)22-19(10-29(24,4)13-30(23,31)5)18(7-8-20(22)34)16-9-17(40-6)12-32-11-16/h7-9,11-12,14,23,34-35,38-39H,10,13H2,1-6H3/t23?,29-,30-,31+/m1/s1. The van der Waals surface area contributed by atoms with Gasteiger partial charge in [-0.3, -0.25) is 19.4 Å². The number of aliphatic hydroxyl groups is 3. The number of ketones is 3. The Hall–Kier alpha value is -3.98. The number of phenolic OH excluding ortho intramolecular Hbond substituents is 1. The van der Waals surface area contributed by atoms with Crippen molar-refractivity contribution in [3.05, 3.63) is 64.4 Å². The number of allylic oxidation sites excluding steroid dienone is 2. The van der Waals surface area contributed by atoms with E-state index in [2.05, 4.69) is 4.98 Å². The molecule has 1 unspecified atom stereocenters. The van der Waals surface area contributed by atoms with E-state index in [4.69, 9.17) is 4.74 Å². The number of aliphatic hydroxyl groups excluding tert-OH is 2. The lowest BCUT2D eigenvalue weighted by Crippen LogP contribution is -2.67. The van der Waals surface area contributed by atoms with E-state index in [1.165, 1.54) is 13.2 Å². The zero-order valence-electron chi connectivity index (χ0n) is 23.3. The number of hydrogen-bond acceptors (Lipinski definition) is 9. The second-order valence-corrected chi connectivity index (χ2v) is 12.1. The number of Topliss-reactive ketones (excluding diaryl/α,β-unsaturated/α-hetero) is 3. The van der Waals surface area contributed by atoms with Crippen molar-refractivity contribution in [3.63, 3.8) is 0 Å². The highest BCUT2D eigenvalue weighted by atomic mass is 16.5. The molecule has 0 spiro atoms. The first-order chi connectivity index (χ1) is 18.6. The lowest BCUT2D eigenvalue weighted by atomic mass is 9.44. The largest absolute Gasteiger partial charge is 0.511 e. The molecule has 0 radical (unpaired) electrons. The molecule has 9 heteroatoms. The molecule has 0 saturated heterocycles. The molecular weight excluding hydrogens is 514 g/mol. The Morgan fingerprint density at radius 1 is 1.12 bits per heavy atom. The molecule has 1 aromatic heterocycles. The van der Waals surface area contributed by atoms with Crippen molar-refractivity contribution < 1.29 is 39.5 Å². The summed E-state index contributed by atoms with van der Waals surface area (Å²) < 4.78 is 5.32. The first-order valence-corrected chi connectivity index (χ1v) is 13.2. The van der Waals surface area contributed by atoms with E-state index in [9.17, 15) is 34.8 Å². The first kappa shape index (κ1) is 27.6. The molecule has 0 aliphatic heterocycles. The van der Waals surface area contributed by atoms with Crippen molar-refractivity contribution in [2.75, 3.05) is 7.11 Å². The van der Waals surface area contributed by atoms with Crippen molar-refractivity contribution in [1.82, 2.24) is 4.98 Å². The van der Waals surface area contributed by atoms with Crippen LogP contribution in [0.4, 0.5) is 0 Å². The fourth-order valence-corrected chi connectivity index (χ4v) is 7.68. The summed E-state index contributed by atoms with van der Waals surface area (Å²) in [6, 6.07) is 4.82. The minimum atomic E-state index is -2.64. The van der Waals surface area contributed by atoms with Crippen LogP contribution in [0.5, 0.6) is 11.5 Å². The van der Waals surface area contributed by atoms with E-state index in [0.717, 1.165) is 6.92 Å². The summed E-state index contributed by atoms with van der Waals surface area (Å²) in [5.41, 5.74) is -4.20. The van der Waals surface area contributed by atoms with Crippen LogP contribution in [0.2, 0.25) is 0 Å². The molecule has 3 aliphatic rings. The van der Waals surface area contributed by atoms with E-state index in [1.54, 1.807) is 52.2 Å². The third-order valence-electron chi connectivity index (χ3n) is 9.15. The predicted octanol–water partition coefficient (Wildman–Crippen LogP) is 4.42. The smallest absolute Gasteiger partial charge is 0.209 e. The molecule has 0 saturated carbocycles. The number of methoxy groups -OCH3 is 1. The Labute approximate surface area is 231 Å². The van der Waals surface area contributed by atoms with Crippen molar-refractivity contribution >= 4 is 17.3 Å². The molecule has 1 aromatic carbocycles. The van der Waals surface area contributed by atoms with Crippen molar-refractivity contribution in [2.24, 2.45) is 22.7 Å². The monoisotopic (exact) mass is 547 g/mol. The number of aromatic hydroxyl groups is 1. The summed E-state index contributed by atoms with van der Waals surface area (Å²) in [6.07, 6.45) is 3.36. The van der Waals surface area contributed by atoms with Gasteiger partial charge in [-0.05, 0) is 48.9 Å². The summed E-state index contributed by atoms with van der Waals surface area (Å²) in [6.45, 7) is 8.08. The molecule has 0 amide bonds. The van der Waals surface area contributed by atoms with E-state index in [1.807, 2.05) is 0 Å². The van der Waals surface area contributed by atoms with Gasteiger partial charge in [0.2, 0.25) is 5.78 Å². The van der Waals surface area contributed by atoms with Crippen LogP contribution in [0, 0.1) is 22.7 Å². The molecule has 3 aliphatic carbocycles. The Morgan fingerprint density at radius 3 is 2.40 bits per heavy atom. The molecule has 0 fully saturated rings. The van der Waals surface area contributed by atoms with E-state index in [0.29, 0.717) is 22.4 Å². The maximum atomic E-state index is 14.1. The second-order valence-electron chi connectivity index (χ2n) is 12.1. The molecule has 0 bridgehead atoms. The molecule has 9 nitrogen and oxygen atoms in total. The average molecular weight is 548 g/mol. The Morgan fingerprint density at radius 2 is 1.80 bits per heavy atom. The van der Waals surface area contributed by atoms with E-state index >= 15 is 0 Å². The Balaban J connectivity index is 1.81. The first-order valence-electron chi connectivity index (χ1n) is 13.2. The normalized spacial score (nSPS) is 29.8. The number of rotatable bonds is 4. The van der Waals surface area contributed by atoms with Gasteiger partial charge in [-0.25, -0.2) is 0 Å². The fraction of sp³-hybridized carbons (Fsp3) is 0.419. The summed E-state index contributed by atoms with van der Waals surface area (Å²) >= 11 is 0. The van der Waals surface area contributed by atoms with Gasteiger partial charge in [0, 0.05) is 34.1 Å². The third-order valence-corrected chi connectivity index (χ3v) is 9.15. The van der Waals surface area contributed by atoms with Crippen LogP contribution < -0.4 is 4.74 Å². The maximum absolute atomic E-state index is 14.1. The van der Waals surface area contributed by atoms with Gasteiger partial charge in [-0.15, -0.1) is 0 Å². The number of benzene rings is 1. The van der Waals surface area contributed by atoms with Crippen LogP contribution in [0.15, 0.2) is 53.3 Å². The van der Waals surface area contributed by atoms with Crippen LogP contribution in [-0.4, -0.2) is 55.5 Å². The van der Waals surface area contributed by atoms with E-state index in [-0.39, 0.29) is 35.6 Å². The number of aromatic nitrogens is 1. The SMILES string of the molecule is COc1cncc(-c2ccc(O)c3c2C[C@]2(C)C[C@]4(C)C(C(C)C)C(O)=C(C(C)=O)C(=O)[C@]4(O)C(O)=C2C3=O)c1. The van der Waals surface area contributed by atoms with Crippen LogP contribution in [-0.2, 0) is 16.0 Å². The van der Waals surface area contributed by atoms with Gasteiger partial charge in [-0.2, -0.15) is 0 Å². The van der Waals surface area contributed by atoms with Crippen molar-refractivity contribution in [3.8, 4) is 22.6 Å². The summed E-state index contributed by atoms with van der Waals surface area (Å²) in [7, 11) is 1.51. The molecule has 5 rings (SSSR count). The second kappa shape index (κ2) is 8.76. The number of hydrogen-bond donors (Lipinski definition) is 4. The molecular formula is C31H33NO8. The number of ether oxygens (including phenoxy) is 1. The number of carbonyl (C=O) groups excluding carboxylic acids is 3. The summed E-state index contributed by atoms with van der Waals surface area (Å²) in [5.74, 6) is -4.87. The topological polar surface area (TPSA) is 154 Å². The molecule has 4 atom stereocenters. The molecule has 1 heterocycles. The van der Waals surface area contributed by atoms with Gasteiger partial charge in [0.05, 0.1) is 18.9 Å². The highest BCUT2D eigenvalue weighted by molar-refractivity contribution is 6.25. The van der Waals surface area contributed by atoms with Gasteiger partial charge in [0.25, 0.3) is 0 Å². The number of phenols is 1. The lowest BCUT2D eigenvalue weighted by Gasteiger charge is -2.59. The Bertz CT molecular complexity index is 1570. The van der Waals surface area contributed by atoms with Gasteiger partial charge in [0.1, 0.15) is 28.6 Å². The summed E-state index contributed by atoms with van der Waals surface area (Å²) in [5, 5.41) is 45.9. The van der Waals surface area contributed by atoms with Gasteiger partial charge in [0.15, 0.2) is 17.2 Å². The minimum Gasteiger partial charge on any atom is -0.511 e. The predicted molar refractivity (Wildman–Crippen MR) is 145 cm³/mol. The van der Waals surface area contributed by atoms with Crippen LogP contribution in [0.25, 0.3) is 11.1 Å². The molecule has 210 valence electrons. The zero-order chi connectivity index (χ0) is 29.5. The van der Waals surface area contributed by atoms with Crippen LogP contribution >= 0.6 is 0 Å². The van der Waals surface area contributed by atoms with Gasteiger partial charge >= 0.3 is 0 Å². The average Bonchev–Trinajstić information content (AvgIpc) is 2.86. The van der Waals surface area contributed by atoms with Gasteiger partial charge < -0.3 is 25.2 Å². The Kier molecular flexibility index (Phi) is 6.04. The molecule has 2 aromatic rings. The quantitative estimate of drug-likeness (QED) is 0.407. The summed E-state index contributed by atoms with van der Waals surface area (Å²) in [4.78, 5) is 44.6. The van der Waals surface area contributed by atoms with Crippen LogP contribution in [0.3, 0.4) is 0 Å². The number of pyridine rings is 1. The highest BCUT2D eigenvalue weighted by Crippen LogP contribution is 2.65. The van der Waals surface area contributed by atoms with Crippen molar-refractivity contribution in [2.45, 2.75) is 53.1 Å². The minimum absolute atomic E-state index is 0.0242. The molecule has 4 N–H and O–H groups in total. The fourth-order valence-electron chi connectivity index (χ4n) is 7.68. The number of nitrogens with zero attached hydrogens (tertiary/aromatic N) is 1. The molecule has 40 heavy (non-hydrogen) atoms. The van der Waals surface area contributed by atoms with Gasteiger partial charge in [-0.1, -0.05) is 33.8 Å². The zero-order valence-corrected chi connectivity index (χ0v) is 23.3. The van der Waals surface area contributed by atoms with Crippen LogP contribution in [0.1, 0.15) is 57.0 Å².